The van der Waals surface area contributed by atoms with E-state index in [1.807, 2.05) is 13.8 Å². The van der Waals surface area contributed by atoms with Crippen molar-refractivity contribution >= 4 is 17.8 Å². The van der Waals surface area contributed by atoms with Crippen molar-refractivity contribution in [3.05, 3.63) is 92.1 Å². The molecule has 0 aliphatic carbocycles. The van der Waals surface area contributed by atoms with Gasteiger partial charge in [0.1, 0.15) is 40.2 Å². The number of phenolic OH excluding ortho intramolecular Hbond substituents is 2. The van der Waals surface area contributed by atoms with Gasteiger partial charge in [0.25, 0.3) is 11.8 Å². The SMILES string of the molecule is CC(C)=CCC/C(C)=C/CC[C@@]1(C)Oc2c(c(O)cc3c2CN(CCC[C@H](C(=O)O)N2Cc4c(cc(O)c5c4O[C@](C)(CC/C=C(\C)CCC=C(C)C)[C@H](O)C5)C2=O)C3=O)C[C@H]1O. The summed E-state index contributed by atoms with van der Waals surface area (Å²) >= 11 is 0. The Morgan fingerprint density at radius 3 is 1.63 bits per heavy atom. The molecular weight excluding hydrogens is 801 g/mol. The number of amides is 2. The van der Waals surface area contributed by atoms with Gasteiger partial charge in [0.15, 0.2) is 0 Å². The van der Waals surface area contributed by atoms with Crippen LogP contribution < -0.4 is 9.47 Å². The molecule has 4 aliphatic rings. The van der Waals surface area contributed by atoms with Gasteiger partial charge < -0.3 is 44.8 Å². The lowest BCUT2D eigenvalue weighted by Crippen LogP contribution is -2.49. The van der Waals surface area contributed by atoms with Gasteiger partial charge in [-0.3, -0.25) is 9.59 Å². The number of aliphatic hydroxyl groups excluding tert-OH is 2. The largest absolute Gasteiger partial charge is 0.508 e. The third-order valence-electron chi connectivity index (χ3n) is 13.5. The number of hydrogen-bond donors (Lipinski definition) is 5. The smallest absolute Gasteiger partial charge is 0.326 e. The van der Waals surface area contributed by atoms with E-state index in [2.05, 4.69) is 65.8 Å². The maximum absolute atomic E-state index is 13.9. The first-order valence-corrected chi connectivity index (χ1v) is 22.6. The Morgan fingerprint density at radius 1 is 0.714 bits per heavy atom. The van der Waals surface area contributed by atoms with Crippen molar-refractivity contribution in [2.24, 2.45) is 0 Å². The molecule has 2 aromatic rings. The highest BCUT2D eigenvalue weighted by Crippen LogP contribution is 2.48. The Morgan fingerprint density at radius 2 is 1.17 bits per heavy atom. The number of phenols is 2. The van der Waals surface area contributed by atoms with Crippen LogP contribution in [0.1, 0.15) is 163 Å². The second kappa shape index (κ2) is 19.4. The first-order valence-electron chi connectivity index (χ1n) is 22.6. The number of benzene rings is 2. The van der Waals surface area contributed by atoms with Crippen LogP contribution >= 0.6 is 0 Å². The van der Waals surface area contributed by atoms with E-state index in [9.17, 15) is 39.9 Å². The van der Waals surface area contributed by atoms with Crippen LogP contribution in [0, 0.1) is 0 Å². The van der Waals surface area contributed by atoms with Gasteiger partial charge in [-0.2, -0.15) is 0 Å². The molecule has 12 nitrogen and oxygen atoms in total. The van der Waals surface area contributed by atoms with Crippen LogP contribution in [0.15, 0.2) is 58.7 Å². The molecular formula is C51H68N2O10. The Balaban J connectivity index is 1.11. The normalized spacial score (nSPS) is 23.3. The summed E-state index contributed by atoms with van der Waals surface area (Å²) in [7, 11) is 0. The molecule has 0 saturated heterocycles. The summed E-state index contributed by atoms with van der Waals surface area (Å²) in [5.41, 5.74) is 5.57. The van der Waals surface area contributed by atoms with Gasteiger partial charge in [-0.15, -0.1) is 0 Å². The Labute approximate surface area is 372 Å². The molecule has 342 valence electrons. The van der Waals surface area contributed by atoms with Gasteiger partial charge in [-0.1, -0.05) is 46.6 Å². The summed E-state index contributed by atoms with van der Waals surface area (Å²) in [4.78, 5) is 43.4. The van der Waals surface area contributed by atoms with Crippen LogP contribution in [0.5, 0.6) is 23.0 Å². The van der Waals surface area contributed by atoms with Crippen LogP contribution in [-0.2, 0) is 30.7 Å². The predicted octanol–water partition coefficient (Wildman–Crippen LogP) is 9.00. The number of aliphatic carboxylic acids is 1. The number of rotatable bonds is 18. The number of allylic oxidation sites excluding steroid dienone is 8. The van der Waals surface area contributed by atoms with Crippen molar-refractivity contribution in [2.45, 2.75) is 175 Å². The predicted molar refractivity (Wildman–Crippen MR) is 242 cm³/mol. The standard InChI is InChI=1S/C51H68N2O10/c1-30(2)14-9-16-32(5)18-11-21-50(7)43(56)26-36-41(54)24-34-38(45(36)62-50)28-52(47(34)58)23-13-20-40(49(60)61)53-29-39-35(48(53)59)25-42(55)37-27-44(57)51(8,63-46(37)39)22-12-19-33(6)17-10-15-31(3)4/h14-15,18-19,24-25,40,43-44,54-57H,9-13,16-17,20-23,26-29H2,1-8H3,(H,60,61)/b32-18+,33-19+/t40-,43-,44-,50-,51-/m1/s1. The number of carboxylic acids is 1. The van der Waals surface area contributed by atoms with Crippen LogP contribution in [-0.4, -0.2) is 89.1 Å². The molecule has 6 rings (SSSR count). The highest BCUT2D eigenvalue weighted by Gasteiger charge is 2.47. The molecule has 0 radical (unpaired) electrons. The van der Waals surface area contributed by atoms with E-state index in [1.165, 1.54) is 39.3 Å². The Kier molecular flexibility index (Phi) is 14.6. The van der Waals surface area contributed by atoms with Gasteiger partial charge in [-0.05, 0) is 132 Å². The molecule has 12 heteroatoms. The zero-order valence-corrected chi connectivity index (χ0v) is 38.5. The maximum atomic E-state index is 13.9. The highest BCUT2D eigenvalue weighted by atomic mass is 16.5. The van der Waals surface area contributed by atoms with Gasteiger partial charge >= 0.3 is 5.97 Å². The number of aliphatic hydroxyl groups is 2. The van der Waals surface area contributed by atoms with E-state index in [0.717, 1.165) is 25.7 Å². The van der Waals surface area contributed by atoms with Crippen molar-refractivity contribution in [3.8, 4) is 23.0 Å². The number of carbonyl (C=O) groups excluding carboxylic acids is 2. The Hall–Kier alpha value is -5.07. The first-order chi connectivity index (χ1) is 29.7. The van der Waals surface area contributed by atoms with Crippen molar-refractivity contribution in [1.29, 1.82) is 0 Å². The van der Waals surface area contributed by atoms with Crippen molar-refractivity contribution in [1.82, 2.24) is 9.80 Å². The molecule has 63 heavy (non-hydrogen) atoms. The zero-order chi connectivity index (χ0) is 46.0. The summed E-state index contributed by atoms with van der Waals surface area (Å²) in [6, 6.07) is 1.55. The van der Waals surface area contributed by atoms with Gasteiger partial charge in [0, 0.05) is 41.6 Å². The summed E-state index contributed by atoms with van der Waals surface area (Å²) < 4.78 is 13.1. The van der Waals surface area contributed by atoms with Crippen LogP contribution in [0.4, 0.5) is 0 Å². The van der Waals surface area contributed by atoms with Crippen LogP contribution in [0.3, 0.4) is 0 Å². The van der Waals surface area contributed by atoms with Crippen LogP contribution in [0.2, 0.25) is 0 Å². The average Bonchev–Trinajstić information content (AvgIpc) is 3.69. The quantitative estimate of drug-likeness (QED) is 0.0909. The van der Waals surface area contributed by atoms with E-state index in [0.29, 0.717) is 65.0 Å². The summed E-state index contributed by atoms with van der Waals surface area (Å²) in [5, 5.41) is 55.0. The minimum absolute atomic E-state index is 0.0456. The van der Waals surface area contributed by atoms with Crippen molar-refractivity contribution < 1.29 is 49.4 Å². The fourth-order valence-electron chi connectivity index (χ4n) is 9.40. The monoisotopic (exact) mass is 868 g/mol. The lowest BCUT2D eigenvalue weighted by molar-refractivity contribution is -0.142. The number of fused-ring (bicyclic) bond motifs is 6. The number of hydrogen-bond acceptors (Lipinski definition) is 9. The molecule has 4 aliphatic heterocycles. The Bertz CT molecular complexity index is 2230. The number of aromatic hydroxyl groups is 2. The summed E-state index contributed by atoms with van der Waals surface area (Å²) in [6.45, 7) is 16.5. The third-order valence-corrected chi connectivity index (χ3v) is 13.5. The number of ether oxygens (including phenoxy) is 2. The molecule has 0 saturated carbocycles. The minimum Gasteiger partial charge on any atom is -0.508 e. The molecule has 0 bridgehead atoms. The van der Waals surface area contributed by atoms with E-state index in [4.69, 9.17) is 9.47 Å². The van der Waals surface area contributed by atoms with E-state index >= 15 is 0 Å². The lowest BCUT2D eigenvalue weighted by Gasteiger charge is -2.41. The molecule has 2 aromatic carbocycles. The fourth-order valence-corrected chi connectivity index (χ4v) is 9.40. The van der Waals surface area contributed by atoms with Gasteiger partial charge in [0.2, 0.25) is 0 Å². The highest BCUT2D eigenvalue weighted by molar-refractivity contribution is 6.02. The zero-order valence-electron chi connectivity index (χ0n) is 38.5. The minimum atomic E-state index is -1.23. The van der Waals surface area contributed by atoms with Crippen molar-refractivity contribution in [2.75, 3.05) is 6.54 Å². The summed E-state index contributed by atoms with van der Waals surface area (Å²) in [6.07, 6.45) is 13.8. The third kappa shape index (κ3) is 10.3. The van der Waals surface area contributed by atoms with E-state index < -0.39 is 41.3 Å². The van der Waals surface area contributed by atoms with Crippen molar-refractivity contribution in [3.63, 3.8) is 0 Å². The molecule has 5 atom stereocenters. The molecule has 2 amide bonds. The van der Waals surface area contributed by atoms with Gasteiger partial charge in [0.05, 0.1) is 36.4 Å². The molecule has 0 unspecified atom stereocenters. The first kappa shape index (κ1) is 47.4. The topological polar surface area (TPSA) is 177 Å². The van der Waals surface area contributed by atoms with E-state index in [-0.39, 0.29) is 68.3 Å². The molecule has 0 aromatic heterocycles. The number of carbonyl (C=O) groups is 3. The molecule has 0 fully saturated rings. The number of nitrogens with zero attached hydrogens (tertiary/aromatic N) is 2. The summed E-state index contributed by atoms with van der Waals surface area (Å²) in [5.74, 6) is -1.60. The second-order valence-corrected chi connectivity index (χ2v) is 19.2. The second-order valence-electron chi connectivity index (χ2n) is 19.2. The average molecular weight is 869 g/mol. The van der Waals surface area contributed by atoms with E-state index in [1.54, 1.807) is 4.90 Å². The number of carboxylic acid groups (broad SMARTS) is 1. The fraction of sp³-hybridized carbons (Fsp3) is 0.549. The van der Waals surface area contributed by atoms with Crippen LogP contribution in [0.25, 0.3) is 0 Å². The maximum Gasteiger partial charge on any atom is 0.326 e. The van der Waals surface area contributed by atoms with Gasteiger partial charge in [-0.25, -0.2) is 4.79 Å². The molecule has 4 heterocycles. The molecule has 0 spiro atoms. The lowest BCUT2D eigenvalue weighted by atomic mass is 9.84. The molecule has 5 N–H and O–H groups in total.